The van der Waals surface area contributed by atoms with Gasteiger partial charge in [0.05, 0.1) is 21.8 Å². The molecule has 7 nitrogen and oxygen atoms in total. The molecule has 1 fully saturated rings. The van der Waals surface area contributed by atoms with Crippen molar-refractivity contribution in [2.75, 3.05) is 19.0 Å². The van der Waals surface area contributed by atoms with Crippen molar-refractivity contribution in [2.24, 2.45) is 0 Å². The zero-order valence-corrected chi connectivity index (χ0v) is 18.3. The lowest BCUT2D eigenvalue weighted by molar-refractivity contribution is 0.0951. The fourth-order valence-electron chi connectivity index (χ4n) is 3.08. The largest absolute Gasteiger partial charge is 0.396 e. The van der Waals surface area contributed by atoms with Crippen molar-refractivity contribution < 1.29 is 23.0 Å². The zero-order chi connectivity index (χ0) is 20.5. The second-order valence-corrected chi connectivity index (χ2v) is 10.4. The van der Waals surface area contributed by atoms with Gasteiger partial charge in [-0.3, -0.25) is 4.72 Å². The molecular formula is C18H23FIN3O4S. The van der Waals surface area contributed by atoms with Gasteiger partial charge in [0.1, 0.15) is 12.0 Å². The molecule has 1 unspecified atom stereocenters. The summed E-state index contributed by atoms with van der Waals surface area (Å²) in [6.07, 6.45) is 3.76. The monoisotopic (exact) mass is 523 g/mol. The van der Waals surface area contributed by atoms with Crippen LogP contribution in [-0.2, 0) is 10.0 Å². The summed E-state index contributed by atoms with van der Waals surface area (Å²) in [7, 11) is -2.11. The minimum absolute atomic E-state index is 0.0618. The number of halogens is 2. The van der Waals surface area contributed by atoms with Crippen molar-refractivity contribution in [2.45, 2.75) is 36.7 Å². The number of nitrogens with zero attached hydrogens (tertiary/aromatic N) is 1. The molecule has 28 heavy (non-hydrogen) atoms. The highest BCUT2D eigenvalue weighted by Gasteiger charge is 2.54. The molecule has 1 aromatic rings. The Morgan fingerprint density at radius 2 is 2.07 bits per heavy atom. The van der Waals surface area contributed by atoms with E-state index in [2.05, 4.69) is 10.0 Å². The molecule has 1 aliphatic heterocycles. The van der Waals surface area contributed by atoms with Crippen molar-refractivity contribution in [3.63, 3.8) is 0 Å². The molecular weight excluding hydrogens is 500 g/mol. The molecule has 1 heterocycles. The van der Waals surface area contributed by atoms with Gasteiger partial charge in [0, 0.05) is 23.4 Å². The van der Waals surface area contributed by atoms with Crippen LogP contribution in [0.3, 0.4) is 0 Å². The lowest BCUT2D eigenvalue weighted by Crippen LogP contribution is -2.40. The van der Waals surface area contributed by atoms with Crippen LogP contribution in [0.1, 0.15) is 25.7 Å². The first kappa shape index (κ1) is 21.3. The van der Waals surface area contributed by atoms with E-state index in [9.17, 15) is 17.9 Å². The SMILES string of the molecule is CN1C=C(NS(=O)(=O)C2(CCCO)CC2)C(Nc2ccc(I)cc2F)=CC1O. The first-order valence-corrected chi connectivity index (χ1v) is 11.4. The number of sulfonamides is 1. The molecule has 154 valence electrons. The quantitative estimate of drug-likeness (QED) is 0.390. The van der Waals surface area contributed by atoms with E-state index in [0.717, 1.165) is 3.57 Å². The number of aliphatic hydroxyl groups is 2. The molecule has 0 radical (unpaired) electrons. The van der Waals surface area contributed by atoms with Crippen LogP contribution in [0.2, 0.25) is 0 Å². The van der Waals surface area contributed by atoms with E-state index in [1.807, 2.05) is 22.6 Å². The number of nitrogens with one attached hydrogen (secondary N) is 2. The lowest BCUT2D eigenvalue weighted by Gasteiger charge is -2.29. The molecule has 1 saturated carbocycles. The molecule has 0 aromatic heterocycles. The molecule has 1 aromatic carbocycles. The topological polar surface area (TPSA) is 102 Å². The van der Waals surface area contributed by atoms with Crippen molar-refractivity contribution in [1.82, 2.24) is 9.62 Å². The average Bonchev–Trinajstić information content (AvgIpc) is 3.41. The molecule has 0 bridgehead atoms. The molecule has 4 N–H and O–H groups in total. The van der Waals surface area contributed by atoms with Crippen LogP contribution in [0.5, 0.6) is 0 Å². The summed E-state index contributed by atoms with van der Waals surface area (Å²) >= 11 is 2.00. The summed E-state index contributed by atoms with van der Waals surface area (Å²) in [5.74, 6) is -0.481. The third-order valence-corrected chi connectivity index (χ3v) is 7.88. The highest BCUT2D eigenvalue weighted by molar-refractivity contribution is 14.1. The molecule has 0 amide bonds. The Morgan fingerprint density at radius 3 is 2.68 bits per heavy atom. The Kier molecular flexibility index (Phi) is 6.23. The number of benzene rings is 1. The minimum atomic E-state index is -3.72. The molecule has 2 aliphatic rings. The van der Waals surface area contributed by atoms with Crippen LogP contribution in [0, 0.1) is 9.39 Å². The van der Waals surface area contributed by atoms with Gasteiger partial charge >= 0.3 is 0 Å². The third-order valence-electron chi connectivity index (χ3n) is 4.97. The van der Waals surface area contributed by atoms with E-state index < -0.39 is 26.8 Å². The van der Waals surface area contributed by atoms with E-state index in [0.29, 0.717) is 25.7 Å². The van der Waals surface area contributed by atoms with E-state index in [4.69, 9.17) is 5.11 Å². The Hall–Kier alpha value is -1.37. The Bertz CT molecular complexity index is 915. The van der Waals surface area contributed by atoms with Gasteiger partial charge in [-0.05, 0) is 72.5 Å². The van der Waals surface area contributed by atoms with E-state index >= 15 is 0 Å². The number of rotatable bonds is 8. The van der Waals surface area contributed by atoms with Gasteiger partial charge < -0.3 is 20.4 Å². The third kappa shape index (κ3) is 4.44. The number of hydrogen-bond acceptors (Lipinski definition) is 6. The summed E-state index contributed by atoms with van der Waals surface area (Å²) in [5.41, 5.74) is 0.670. The zero-order valence-electron chi connectivity index (χ0n) is 15.3. The van der Waals surface area contributed by atoms with Gasteiger partial charge in [0.2, 0.25) is 10.0 Å². The number of likely N-dealkylation sites (N-methyl/N-ethyl adjacent to an activating group) is 1. The minimum Gasteiger partial charge on any atom is -0.396 e. The summed E-state index contributed by atoms with van der Waals surface area (Å²) in [6, 6.07) is 4.63. The first-order chi connectivity index (χ1) is 13.2. The van der Waals surface area contributed by atoms with E-state index in [-0.39, 0.29) is 23.7 Å². The summed E-state index contributed by atoms with van der Waals surface area (Å²) in [5, 5.41) is 22.0. The molecule has 1 atom stereocenters. The van der Waals surface area contributed by atoms with E-state index in [1.165, 1.54) is 23.2 Å². The average molecular weight is 523 g/mol. The number of aliphatic hydroxyl groups excluding tert-OH is 2. The summed E-state index contributed by atoms with van der Waals surface area (Å²) in [4.78, 5) is 1.45. The molecule has 0 saturated heterocycles. The summed E-state index contributed by atoms with van der Waals surface area (Å²) in [6.45, 7) is -0.0618. The fraction of sp³-hybridized carbons (Fsp3) is 0.444. The smallest absolute Gasteiger partial charge is 0.238 e. The maximum atomic E-state index is 14.2. The van der Waals surface area contributed by atoms with Gasteiger partial charge in [0.15, 0.2) is 0 Å². The van der Waals surface area contributed by atoms with Gasteiger partial charge in [-0.1, -0.05) is 0 Å². The fourth-order valence-corrected chi connectivity index (χ4v) is 5.25. The summed E-state index contributed by atoms with van der Waals surface area (Å²) < 4.78 is 42.6. The van der Waals surface area contributed by atoms with Crippen molar-refractivity contribution in [3.05, 3.63) is 51.3 Å². The standard InChI is InChI=1S/C18H23FIN3O4S/c1-23-11-16(22-28(26,27)18(6-7-18)5-2-8-24)15(10-17(23)25)21-14-4-3-12(20)9-13(14)19/h3-4,9-11,17,21-22,24-25H,2,5-8H2,1H3. The van der Waals surface area contributed by atoms with Gasteiger partial charge in [0.25, 0.3) is 0 Å². The number of anilines is 1. The number of hydrogen-bond donors (Lipinski definition) is 4. The van der Waals surface area contributed by atoms with Gasteiger partial charge in [-0.15, -0.1) is 0 Å². The molecule has 10 heteroatoms. The van der Waals surface area contributed by atoms with Crippen molar-refractivity contribution >= 4 is 38.3 Å². The van der Waals surface area contributed by atoms with Crippen LogP contribution in [-0.4, -0.2) is 48.2 Å². The highest BCUT2D eigenvalue weighted by Crippen LogP contribution is 2.47. The lowest BCUT2D eigenvalue weighted by atomic mass is 10.2. The van der Waals surface area contributed by atoms with Crippen molar-refractivity contribution in [1.29, 1.82) is 0 Å². The highest BCUT2D eigenvalue weighted by atomic mass is 127. The second kappa shape index (κ2) is 8.17. The predicted octanol–water partition coefficient (Wildman–Crippen LogP) is 2.06. The van der Waals surface area contributed by atoms with Crippen LogP contribution < -0.4 is 10.0 Å². The normalized spacial score (nSPS) is 21.0. The molecule has 0 spiro atoms. The van der Waals surface area contributed by atoms with Crippen LogP contribution in [0.25, 0.3) is 0 Å². The van der Waals surface area contributed by atoms with Crippen molar-refractivity contribution in [3.8, 4) is 0 Å². The van der Waals surface area contributed by atoms with Gasteiger partial charge in [-0.25, -0.2) is 12.8 Å². The van der Waals surface area contributed by atoms with Crippen LogP contribution in [0.15, 0.2) is 41.9 Å². The maximum absolute atomic E-state index is 14.2. The van der Waals surface area contributed by atoms with E-state index in [1.54, 1.807) is 19.2 Å². The predicted molar refractivity (Wildman–Crippen MR) is 113 cm³/mol. The van der Waals surface area contributed by atoms with Crippen LogP contribution >= 0.6 is 22.6 Å². The molecule has 3 rings (SSSR count). The Balaban J connectivity index is 1.85. The van der Waals surface area contributed by atoms with Crippen LogP contribution in [0.4, 0.5) is 10.1 Å². The second-order valence-electron chi connectivity index (χ2n) is 7.07. The maximum Gasteiger partial charge on any atom is 0.238 e. The Labute approximate surface area is 177 Å². The Morgan fingerprint density at radius 1 is 1.36 bits per heavy atom. The van der Waals surface area contributed by atoms with Gasteiger partial charge in [-0.2, -0.15) is 0 Å². The first-order valence-electron chi connectivity index (χ1n) is 8.87. The molecule has 1 aliphatic carbocycles.